The molecule has 174 valence electrons. The Labute approximate surface area is 200 Å². The Morgan fingerprint density at radius 2 is 1.97 bits per heavy atom. The van der Waals surface area contributed by atoms with Crippen molar-refractivity contribution in [1.29, 1.82) is 0 Å². The second-order valence-corrected chi connectivity index (χ2v) is 9.54. The topological polar surface area (TPSA) is 87.8 Å². The van der Waals surface area contributed by atoms with Crippen molar-refractivity contribution < 1.29 is 0 Å². The SMILES string of the molecule is Cc1ccc2nccc(Cn3nc4c(c3-c3cncn3C)c3nccn3c(=O)n4CC3CC3)c2c1. The number of hydrogen-bond acceptors (Lipinski definition) is 5. The van der Waals surface area contributed by atoms with Gasteiger partial charge in [0, 0.05) is 37.6 Å². The third-order valence-electron chi connectivity index (χ3n) is 7.00. The van der Waals surface area contributed by atoms with Gasteiger partial charge in [0.1, 0.15) is 0 Å². The van der Waals surface area contributed by atoms with Gasteiger partial charge in [-0.15, -0.1) is 0 Å². The molecule has 1 aliphatic carbocycles. The van der Waals surface area contributed by atoms with E-state index >= 15 is 0 Å². The molecular weight excluding hydrogens is 440 g/mol. The lowest BCUT2D eigenvalue weighted by atomic mass is 10.1. The van der Waals surface area contributed by atoms with Crippen molar-refractivity contribution in [1.82, 2.24) is 38.3 Å². The van der Waals surface area contributed by atoms with Gasteiger partial charge in [0.15, 0.2) is 11.3 Å². The van der Waals surface area contributed by atoms with Crippen molar-refractivity contribution in [2.24, 2.45) is 13.0 Å². The lowest BCUT2D eigenvalue weighted by molar-refractivity contribution is 0.595. The van der Waals surface area contributed by atoms with E-state index in [0.717, 1.165) is 46.1 Å². The maximum Gasteiger partial charge on any atom is 0.335 e. The number of fused-ring (bicyclic) bond motifs is 4. The van der Waals surface area contributed by atoms with Crippen LogP contribution < -0.4 is 5.69 Å². The predicted octanol–water partition coefficient (Wildman–Crippen LogP) is 3.56. The zero-order chi connectivity index (χ0) is 23.7. The molecule has 0 N–H and O–H groups in total. The monoisotopic (exact) mass is 464 g/mol. The van der Waals surface area contributed by atoms with Crippen LogP contribution in [0.3, 0.4) is 0 Å². The summed E-state index contributed by atoms with van der Waals surface area (Å²) < 4.78 is 7.45. The van der Waals surface area contributed by atoms with Gasteiger partial charge in [-0.1, -0.05) is 11.6 Å². The average Bonchev–Trinajstić information content (AvgIpc) is 3.20. The number of nitrogens with zero attached hydrogens (tertiary/aromatic N) is 8. The van der Waals surface area contributed by atoms with Crippen LogP contribution in [0.1, 0.15) is 24.0 Å². The van der Waals surface area contributed by atoms with Crippen LogP contribution in [0.4, 0.5) is 0 Å². The van der Waals surface area contributed by atoms with Gasteiger partial charge in [0.25, 0.3) is 0 Å². The van der Waals surface area contributed by atoms with Crippen molar-refractivity contribution in [3.8, 4) is 11.4 Å². The Morgan fingerprint density at radius 1 is 1.09 bits per heavy atom. The number of rotatable bonds is 5. The molecule has 1 saturated carbocycles. The molecule has 9 heteroatoms. The van der Waals surface area contributed by atoms with Gasteiger partial charge in [0.2, 0.25) is 0 Å². The summed E-state index contributed by atoms with van der Waals surface area (Å²) in [5.41, 5.74) is 6.27. The van der Waals surface area contributed by atoms with E-state index in [1.807, 2.05) is 39.3 Å². The van der Waals surface area contributed by atoms with E-state index in [9.17, 15) is 4.79 Å². The van der Waals surface area contributed by atoms with Crippen LogP contribution in [-0.2, 0) is 20.1 Å². The van der Waals surface area contributed by atoms with E-state index in [4.69, 9.17) is 5.10 Å². The van der Waals surface area contributed by atoms with Gasteiger partial charge in [-0.2, -0.15) is 5.10 Å². The fourth-order valence-corrected chi connectivity index (χ4v) is 5.01. The van der Waals surface area contributed by atoms with Gasteiger partial charge in [-0.3, -0.25) is 18.6 Å². The maximum atomic E-state index is 13.4. The quantitative estimate of drug-likeness (QED) is 0.389. The van der Waals surface area contributed by atoms with E-state index in [-0.39, 0.29) is 5.69 Å². The molecule has 0 saturated heterocycles. The molecular formula is C26H24N8O. The molecule has 1 aliphatic rings. The van der Waals surface area contributed by atoms with Gasteiger partial charge in [-0.05, 0) is 49.4 Å². The fourth-order valence-electron chi connectivity index (χ4n) is 5.01. The van der Waals surface area contributed by atoms with Gasteiger partial charge < -0.3 is 4.57 Å². The molecule has 6 aromatic rings. The van der Waals surface area contributed by atoms with E-state index < -0.39 is 0 Å². The first kappa shape index (κ1) is 20.1. The van der Waals surface area contributed by atoms with Crippen LogP contribution in [0.5, 0.6) is 0 Å². The molecule has 0 atom stereocenters. The molecule has 0 radical (unpaired) electrons. The number of benzene rings is 1. The molecule has 7 rings (SSSR count). The summed E-state index contributed by atoms with van der Waals surface area (Å²) in [6.45, 7) is 3.29. The highest BCUT2D eigenvalue weighted by Crippen LogP contribution is 2.34. The summed E-state index contributed by atoms with van der Waals surface area (Å²) in [5, 5.41) is 7.04. The molecule has 0 spiro atoms. The van der Waals surface area contributed by atoms with Crippen molar-refractivity contribution >= 4 is 27.6 Å². The van der Waals surface area contributed by atoms with Crippen LogP contribution in [0.2, 0.25) is 0 Å². The third-order valence-corrected chi connectivity index (χ3v) is 7.00. The zero-order valence-electron chi connectivity index (χ0n) is 19.6. The van der Waals surface area contributed by atoms with Crippen LogP contribution in [0, 0.1) is 12.8 Å². The van der Waals surface area contributed by atoms with Crippen molar-refractivity contribution in [3.63, 3.8) is 0 Å². The third kappa shape index (κ3) is 3.11. The average molecular weight is 465 g/mol. The smallest absolute Gasteiger partial charge is 0.332 e. The van der Waals surface area contributed by atoms with Crippen molar-refractivity contribution in [2.75, 3.05) is 0 Å². The van der Waals surface area contributed by atoms with Crippen LogP contribution >= 0.6 is 0 Å². The molecule has 0 unspecified atom stereocenters. The summed E-state index contributed by atoms with van der Waals surface area (Å²) in [6, 6.07) is 8.34. The predicted molar refractivity (Wildman–Crippen MR) is 133 cm³/mol. The summed E-state index contributed by atoms with van der Waals surface area (Å²) in [7, 11) is 1.97. The second-order valence-electron chi connectivity index (χ2n) is 9.54. The molecule has 9 nitrogen and oxygen atoms in total. The zero-order valence-corrected chi connectivity index (χ0v) is 19.6. The first-order valence-electron chi connectivity index (χ1n) is 11.9. The van der Waals surface area contributed by atoms with Gasteiger partial charge in [-0.25, -0.2) is 14.8 Å². The van der Waals surface area contributed by atoms with E-state index in [1.165, 1.54) is 5.56 Å². The van der Waals surface area contributed by atoms with E-state index in [2.05, 4.69) is 40.1 Å². The Balaban J connectivity index is 1.55. The number of hydrogen-bond donors (Lipinski definition) is 0. The summed E-state index contributed by atoms with van der Waals surface area (Å²) >= 11 is 0. The molecule has 0 aliphatic heterocycles. The number of imidazole rings is 2. The highest BCUT2D eigenvalue weighted by atomic mass is 16.1. The molecule has 1 aromatic carbocycles. The normalized spacial score (nSPS) is 14.0. The lowest BCUT2D eigenvalue weighted by Gasteiger charge is -2.11. The number of aryl methyl sites for hydroxylation is 2. The highest BCUT2D eigenvalue weighted by molar-refractivity contribution is 6.00. The molecule has 5 aromatic heterocycles. The Kier molecular flexibility index (Phi) is 4.24. The first-order valence-corrected chi connectivity index (χ1v) is 11.9. The molecule has 1 fully saturated rings. The minimum Gasteiger partial charge on any atom is -0.332 e. The van der Waals surface area contributed by atoms with Crippen LogP contribution in [0.25, 0.3) is 39.0 Å². The van der Waals surface area contributed by atoms with E-state index in [1.54, 1.807) is 23.1 Å². The summed E-state index contributed by atoms with van der Waals surface area (Å²) in [6.07, 6.45) is 11.2. The summed E-state index contributed by atoms with van der Waals surface area (Å²) in [5.74, 6) is 0.522. The molecule has 0 amide bonds. The highest BCUT2D eigenvalue weighted by Gasteiger charge is 2.28. The number of pyridine rings is 1. The van der Waals surface area contributed by atoms with Crippen molar-refractivity contribution in [3.05, 3.63) is 77.0 Å². The largest absolute Gasteiger partial charge is 0.335 e. The Morgan fingerprint density at radius 3 is 2.77 bits per heavy atom. The first-order chi connectivity index (χ1) is 17.1. The van der Waals surface area contributed by atoms with Gasteiger partial charge in [0.05, 0.1) is 41.4 Å². The fraction of sp³-hybridized carbons (Fsp3) is 0.269. The Hall–Kier alpha value is -4.27. The standard InChI is InChI=1S/C26H24N8O/c1-16-3-6-20-19(11-16)18(7-8-28-20)14-34-23(21-12-27-15-31(21)2)22-24-29-9-10-32(24)26(35)33(25(22)30-34)13-17-4-5-17/h3,6-12,15,17H,4-5,13-14H2,1-2H3. The van der Waals surface area contributed by atoms with E-state index in [0.29, 0.717) is 30.3 Å². The summed E-state index contributed by atoms with van der Waals surface area (Å²) in [4.78, 5) is 26.9. The molecule has 0 bridgehead atoms. The minimum atomic E-state index is -0.0944. The maximum absolute atomic E-state index is 13.4. The minimum absolute atomic E-state index is 0.0944. The van der Waals surface area contributed by atoms with Crippen LogP contribution in [-0.4, -0.2) is 38.3 Å². The number of aromatic nitrogens is 8. The van der Waals surface area contributed by atoms with Crippen molar-refractivity contribution in [2.45, 2.75) is 32.9 Å². The van der Waals surface area contributed by atoms with Gasteiger partial charge >= 0.3 is 5.69 Å². The molecule has 35 heavy (non-hydrogen) atoms. The Bertz CT molecular complexity index is 1810. The second kappa shape index (κ2) is 7.36. The van der Waals surface area contributed by atoms with Crippen LogP contribution in [0.15, 0.2) is 60.2 Å². The lowest BCUT2D eigenvalue weighted by Crippen LogP contribution is -2.27. The molecule has 5 heterocycles.